The van der Waals surface area contributed by atoms with Crippen LogP contribution in [-0.2, 0) is 14.3 Å². The second kappa shape index (κ2) is 9.34. The number of esters is 2. The molecule has 0 unspecified atom stereocenters. The summed E-state index contributed by atoms with van der Waals surface area (Å²) < 4.78 is 12.0. The first-order valence-corrected chi connectivity index (χ1v) is 11.6. The summed E-state index contributed by atoms with van der Waals surface area (Å²) in [6.45, 7) is 11.4. The Bertz CT molecular complexity index is 959. The molecule has 0 radical (unpaired) electrons. The van der Waals surface area contributed by atoms with Gasteiger partial charge in [0.05, 0.1) is 11.2 Å². The molecule has 180 valence electrons. The molecule has 2 aliphatic carbocycles. The SMILES string of the molecule is C/C=C(/C)C(=O)O[C@H]1C[C@](O)(C(C)C)[C@H]2[C@H](OC(=O)c3ccc(O)cc3)CC(C)=CC[C@]12C. The van der Waals surface area contributed by atoms with Gasteiger partial charge in [-0.2, -0.15) is 0 Å². The van der Waals surface area contributed by atoms with Crippen molar-refractivity contribution >= 4 is 11.9 Å². The lowest BCUT2D eigenvalue weighted by molar-refractivity contribution is -0.151. The first-order chi connectivity index (χ1) is 15.4. The Morgan fingerprint density at radius 1 is 1.18 bits per heavy atom. The maximum absolute atomic E-state index is 13.0. The lowest BCUT2D eigenvalue weighted by Crippen LogP contribution is -2.50. The van der Waals surface area contributed by atoms with Crippen LogP contribution in [0.15, 0.2) is 47.6 Å². The van der Waals surface area contributed by atoms with E-state index < -0.39 is 41.1 Å². The summed E-state index contributed by atoms with van der Waals surface area (Å²) in [5.41, 5.74) is 0.126. The topological polar surface area (TPSA) is 93.1 Å². The van der Waals surface area contributed by atoms with E-state index in [9.17, 15) is 19.8 Å². The van der Waals surface area contributed by atoms with Gasteiger partial charge in [-0.15, -0.1) is 0 Å². The minimum absolute atomic E-state index is 0.0680. The van der Waals surface area contributed by atoms with E-state index >= 15 is 0 Å². The van der Waals surface area contributed by atoms with Gasteiger partial charge in [0.2, 0.25) is 0 Å². The third-order valence-corrected chi connectivity index (χ3v) is 7.65. The Hall–Kier alpha value is -2.60. The lowest BCUT2D eigenvalue weighted by atomic mass is 9.67. The molecule has 1 fully saturated rings. The number of aliphatic hydroxyl groups is 1. The number of ether oxygens (including phenoxy) is 2. The van der Waals surface area contributed by atoms with E-state index in [1.165, 1.54) is 24.3 Å². The molecule has 1 aromatic carbocycles. The van der Waals surface area contributed by atoms with Crippen LogP contribution in [0.25, 0.3) is 0 Å². The predicted molar refractivity (Wildman–Crippen MR) is 126 cm³/mol. The van der Waals surface area contributed by atoms with Crippen molar-refractivity contribution < 1.29 is 29.3 Å². The van der Waals surface area contributed by atoms with Crippen molar-refractivity contribution in [1.29, 1.82) is 0 Å². The maximum atomic E-state index is 13.0. The maximum Gasteiger partial charge on any atom is 0.338 e. The van der Waals surface area contributed by atoms with E-state index in [2.05, 4.69) is 6.08 Å². The zero-order valence-corrected chi connectivity index (χ0v) is 20.4. The molecule has 3 rings (SSSR count). The average Bonchev–Trinajstić information content (AvgIpc) is 2.89. The van der Waals surface area contributed by atoms with Gasteiger partial charge in [0, 0.05) is 29.7 Å². The van der Waals surface area contributed by atoms with Crippen molar-refractivity contribution in [3.63, 3.8) is 0 Å². The van der Waals surface area contributed by atoms with Gasteiger partial charge in [-0.1, -0.05) is 38.5 Å². The molecule has 0 amide bonds. The number of benzene rings is 1. The number of aromatic hydroxyl groups is 1. The van der Waals surface area contributed by atoms with E-state index in [-0.39, 0.29) is 18.1 Å². The average molecular weight is 457 g/mol. The molecule has 1 aromatic rings. The van der Waals surface area contributed by atoms with Crippen molar-refractivity contribution in [2.45, 2.75) is 78.6 Å². The van der Waals surface area contributed by atoms with Crippen LogP contribution in [0.2, 0.25) is 0 Å². The lowest BCUT2D eigenvalue weighted by Gasteiger charge is -2.43. The molecular formula is C27H36O6. The van der Waals surface area contributed by atoms with Crippen LogP contribution in [0.5, 0.6) is 5.75 Å². The number of phenols is 1. The summed E-state index contributed by atoms with van der Waals surface area (Å²) >= 11 is 0. The monoisotopic (exact) mass is 456 g/mol. The number of allylic oxidation sites excluding steroid dienone is 2. The summed E-state index contributed by atoms with van der Waals surface area (Å²) in [6, 6.07) is 5.92. The zero-order chi connectivity index (χ0) is 24.6. The molecule has 2 aliphatic rings. The second-order valence-electron chi connectivity index (χ2n) is 10.1. The first-order valence-electron chi connectivity index (χ1n) is 11.6. The fourth-order valence-corrected chi connectivity index (χ4v) is 5.37. The highest BCUT2D eigenvalue weighted by Crippen LogP contribution is 2.59. The highest BCUT2D eigenvalue weighted by Gasteiger charge is 2.65. The smallest absolute Gasteiger partial charge is 0.338 e. The van der Waals surface area contributed by atoms with Gasteiger partial charge in [0.25, 0.3) is 0 Å². The largest absolute Gasteiger partial charge is 0.508 e. The number of hydrogen-bond acceptors (Lipinski definition) is 6. The predicted octanol–water partition coefficient (Wildman–Crippen LogP) is 4.95. The van der Waals surface area contributed by atoms with E-state index in [0.717, 1.165) is 5.57 Å². The Labute approximate surface area is 196 Å². The molecule has 6 heteroatoms. The van der Waals surface area contributed by atoms with E-state index in [4.69, 9.17) is 9.47 Å². The standard InChI is InChI=1S/C27H36O6/c1-7-18(5)24(29)33-22-15-27(31,16(2)3)23-21(14-17(4)12-13-26(22,23)6)32-25(30)19-8-10-20(28)11-9-19/h7-12,16,21-23,28,31H,13-15H2,1-6H3/b18-7-/t21-,22+,23+,26-,27+/m1/s1. The third-order valence-electron chi connectivity index (χ3n) is 7.65. The summed E-state index contributed by atoms with van der Waals surface area (Å²) in [7, 11) is 0. The van der Waals surface area contributed by atoms with Crippen molar-refractivity contribution in [3.8, 4) is 5.75 Å². The van der Waals surface area contributed by atoms with Crippen LogP contribution in [0.1, 0.15) is 71.2 Å². The Morgan fingerprint density at radius 2 is 1.82 bits per heavy atom. The number of carbonyl (C=O) groups is 2. The first kappa shape index (κ1) is 25.0. The van der Waals surface area contributed by atoms with Crippen molar-refractivity contribution in [2.75, 3.05) is 0 Å². The minimum atomic E-state index is -1.18. The molecule has 0 saturated heterocycles. The van der Waals surface area contributed by atoms with Crippen LogP contribution in [0, 0.1) is 17.3 Å². The van der Waals surface area contributed by atoms with Crippen LogP contribution < -0.4 is 0 Å². The normalized spacial score (nSPS) is 32.1. The molecule has 1 saturated carbocycles. The number of fused-ring (bicyclic) bond motifs is 1. The van der Waals surface area contributed by atoms with Gasteiger partial charge < -0.3 is 19.7 Å². The molecule has 0 aliphatic heterocycles. The van der Waals surface area contributed by atoms with Gasteiger partial charge in [-0.3, -0.25) is 0 Å². The molecule has 0 aromatic heterocycles. The van der Waals surface area contributed by atoms with Crippen molar-refractivity contribution in [1.82, 2.24) is 0 Å². The highest BCUT2D eigenvalue weighted by atomic mass is 16.6. The highest BCUT2D eigenvalue weighted by molar-refractivity contribution is 5.89. The Balaban J connectivity index is 2.00. The summed E-state index contributed by atoms with van der Waals surface area (Å²) in [5.74, 6) is -1.39. The number of hydrogen-bond donors (Lipinski definition) is 2. The summed E-state index contributed by atoms with van der Waals surface area (Å²) in [5, 5.41) is 21.5. The summed E-state index contributed by atoms with van der Waals surface area (Å²) in [4.78, 5) is 25.7. The Kier molecular flexibility index (Phi) is 7.08. The zero-order valence-electron chi connectivity index (χ0n) is 20.4. The third kappa shape index (κ3) is 4.72. The fourth-order valence-electron chi connectivity index (χ4n) is 5.37. The second-order valence-corrected chi connectivity index (χ2v) is 10.1. The number of carbonyl (C=O) groups excluding carboxylic acids is 2. The van der Waals surface area contributed by atoms with Gasteiger partial charge in [-0.25, -0.2) is 9.59 Å². The van der Waals surface area contributed by atoms with Gasteiger partial charge in [0.1, 0.15) is 18.0 Å². The molecule has 5 atom stereocenters. The molecule has 0 bridgehead atoms. The van der Waals surface area contributed by atoms with E-state index in [0.29, 0.717) is 24.0 Å². The van der Waals surface area contributed by atoms with Crippen molar-refractivity contribution in [2.24, 2.45) is 17.3 Å². The quantitative estimate of drug-likeness (QED) is 0.370. The molecule has 6 nitrogen and oxygen atoms in total. The van der Waals surface area contributed by atoms with Gasteiger partial charge in [0.15, 0.2) is 0 Å². The Morgan fingerprint density at radius 3 is 2.39 bits per heavy atom. The molecule has 0 spiro atoms. The molecular weight excluding hydrogens is 420 g/mol. The van der Waals surface area contributed by atoms with Crippen LogP contribution in [-0.4, -0.2) is 40.0 Å². The molecule has 2 N–H and O–H groups in total. The van der Waals surface area contributed by atoms with Crippen LogP contribution in [0.3, 0.4) is 0 Å². The minimum Gasteiger partial charge on any atom is -0.508 e. The summed E-state index contributed by atoms with van der Waals surface area (Å²) in [6.07, 6.45) is 4.10. The number of rotatable bonds is 5. The van der Waals surface area contributed by atoms with E-state index in [1.54, 1.807) is 19.9 Å². The van der Waals surface area contributed by atoms with Crippen LogP contribution >= 0.6 is 0 Å². The van der Waals surface area contributed by atoms with Crippen LogP contribution in [0.4, 0.5) is 0 Å². The van der Waals surface area contributed by atoms with Crippen molar-refractivity contribution in [3.05, 3.63) is 53.1 Å². The van der Waals surface area contributed by atoms with E-state index in [1.807, 2.05) is 27.7 Å². The van der Waals surface area contributed by atoms with Gasteiger partial charge >= 0.3 is 11.9 Å². The molecule has 0 heterocycles. The number of phenolic OH excluding ortho intramolecular Hbond substituents is 1. The molecule has 33 heavy (non-hydrogen) atoms. The van der Waals surface area contributed by atoms with Gasteiger partial charge in [-0.05, 0) is 57.4 Å². The fraction of sp³-hybridized carbons (Fsp3) is 0.556.